The van der Waals surface area contributed by atoms with Gasteiger partial charge in [0.05, 0.1) is 270 Å². The zero-order valence-corrected chi connectivity index (χ0v) is 57.3. The summed E-state index contributed by atoms with van der Waals surface area (Å²) in [7, 11) is 0. The van der Waals surface area contributed by atoms with Gasteiger partial charge in [-0.1, -0.05) is 10.2 Å². The van der Waals surface area contributed by atoms with E-state index in [9.17, 15) is 19.2 Å². The van der Waals surface area contributed by atoms with E-state index in [4.69, 9.17) is 120 Å². The van der Waals surface area contributed by atoms with Gasteiger partial charge < -0.3 is 115 Å². The SMILES string of the molecule is CC(C)(C)OC(=O)NOCCOCCOCCOCCOCCOCCOCCOCCOCCOCCOCCOCCCC(=O)[C@H](CCCCNC(=O)COCCOCCOCCOCCOCCN=[N+]=[N-])NC(=O)COCCOCCOCCOCCOCCN=[N+]=[N-]. The molecule has 562 valence electrons. The van der Waals surface area contributed by atoms with Crippen molar-refractivity contribution in [2.75, 3.05) is 304 Å². The molecular weight excluding hydrogens is 1280 g/mol. The molecule has 0 aliphatic rings. The Labute approximate surface area is 565 Å². The van der Waals surface area contributed by atoms with Gasteiger partial charge in [-0.05, 0) is 57.5 Å². The van der Waals surface area contributed by atoms with E-state index >= 15 is 0 Å². The first-order chi connectivity index (χ1) is 47.1. The van der Waals surface area contributed by atoms with Crippen LogP contribution in [0.4, 0.5) is 4.79 Å². The highest BCUT2D eigenvalue weighted by molar-refractivity contribution is 5.89. The van der Waals surface area contributed by atoms with Crippen molar-refractivity contribution < 1.29 is 128 Å². The molecule has 0 aromatic heterocycles. The molecule has 0 bridgehead atoms. The minimum absolute atomic E-state index is 0.132. The summed E-state index contributed by atoms with van der Waals surface area (Å²) in [5.74, 6) is -0.858. The minimum Gasteiger partial charge on any atom is -0.442 e. The third-order valence-electron chi connectivity index (χ3n) is 11.5. The number of hydroxylamine groups is 1. The second-order valence-corrected chi connectivity index (χ2v) is 20.6. The summed E-state index contributed by atoms with van der Waals surface area (Å²) in [5, 5.41) is 12.4. The maximum atomic E-state index is 13.4. The Morgan fingerprint density at radius 1 is 0.354 bits per heavy atom. The van der Waals surface area contributed by atoms with Gasteiger partial charge in [-0.3, -0.25) is 19.2 Å². The first kappa shape index (κ1) is 91.6. The number of rotatable bonds is 79. The Balaban J connectivity index is 4.04. The first-order valence-electron chi connectivity index (χ1n) is 32.9. The van der Waals surface area contributed by atoms with Crippen LogP contribution in [0.25, 0.3) is 20.9 Å². The molecule has 0 unspecified atom stereocenters. The number of amides is 3. The van der Waals surface area contributed by atoms with Crippen molar-refractivity contribution in [3.63, 3.8) is 0 Å². The van der Waals surface area contributed by atoms with Crippen LogP contribution in [-0.4, -0.2) is 339 Å². The molecule has 3 N–H and O–H groups in total. The molecule has 1 atom stereocenters. The monoisotopic (exact) mass is 1390 g/mol. The number of nitrogens with one attached hydrogen (secondary N) is 3. The number of azide groups is 2. The highest BCUT2D eigenvalue weighted by atomic mass is 16.7. The number of Topliss-reactive ketones (excluding diaryl/α,β-unsaturated/α-hetero) is 1. The third kappa shape index (κ3) is 77.0. The summed E-state index contributed by atoms with van der Waals surface area (Å²) < 4.78 is 120. The molecule has 0 aromatic rings. The van der Waals surface area contributed by atoms with Crippen molar-refractivity contribution in [2.24, 2.45) is 10.2 Å². The highest BCUT2D eigenvalue weighted by Gasteiger charge is 2.21. The lowest BCUT2D eigenvalue weighted by molar-refractivity contribution is -0.131. The van der Waals surface area contributed by atoms with Crippen molar-refractivity contribution in [3.05, 3.63) is 20.9 Å². The topological polar surface area (TPSA) is 414 Å². The number of ketones is 1. The van der Waals surface area contributed by atoms with E-state index in [0.29, 0.717) is 277 Å². The van der Waals surface area contributed by atoms with Crippen LogP contribution >= 0.6 is 0 Å². The van der Waals surface area contributed by atoms with Crippen molar-refractivity contribution in [2.45, 2.75) is 64.5 Å². The predicted octanol–water partition coefficient (Wildman–Crippen LogP) is 2.53. The van der Waals surface area contributed by atoms with Crippen LogP contribution in [0.15, 0.2) is 10.2 Å². The van der Waals surface area contributed by atoms with Crippen molar-refractivity contribution in [1.82, 2.24) is 16.1 Å². The number of unbranched alkanes of at least 4 members (excludes halogenated alkanes) is 1. The summed E-state index contributed by atoms with van der Waals surface area (Å²) in [6.07, 6.45) is 1.47. The van der Waals surface area contributed by atoms with Crippen LogP contribution in [0.3, 0.4) is 0 Å². The van der Waals surface area contributed by atoms with Gasteiger partial charge in [0.15, 0.2) is 5.78 Å². The molecule has 0 aliphatic carbocycles. The van der Waals surface area contributed by atoms with E-state index in [0.717, 1.165) is 0 Å². The molecule has 0 aromatic carbocycles. The first-order valence-corrected chi connectivity index (χ1v) is 32.9. The second-order valence-electron chi connectivity index (χ2n) is 20.6. The summed E-state index contributed by atoms with van der Waals surface area (Å²) in [4.78, 5) is 60.3. The number of nitrogens with zero attached hydrogens (tertiary/aromatic N) is 6. The summed E-state index contributed by atoms with van der Waals surface area (Å²) in [6.45, 7) is 21.2. The molecule has 96 heavy (non-hydrogen) atoms. The van der Waals surface area contributed by atoms with Crippen LogP contribution in [0.1, 0.15) is 52.9 Å². The van der Waals surface area contributed by atoms with Crippen LogP contribution in [0.5, 0.6) is 0 Å². The fourth-order valence-corrected chi connectivity index (χ4v) is 7.02. The highest BCUT2D eigenvalue weighted by Crippen LogP contribution is 2.08. The van der Waals surface area contributed by atoms with Crippen LogP contribution in [0.2, 0.25) is 0 Å². The normalized spacial score (nSPS) is 11.7. The zero-order valence-electron chi connectivity index (χ0n) is 57.3. The Kier molecular flexibility index (Phi) is 72.9. The lowest BCUT2D eigenvalue weighted by atomic mass is 10.0. The lowest BCUT2D eigenvalue weighted by Gasteiger charge is -2.19. The van der Waals surface area contributed by atoms with Crippen molar-refractivity contribution in [3.8, 4) is 0 Å². The molecule has 0 saturated carbocycles. The molecular formula is C60H115N9O27. The van der Waals surface area contributed by atoms with Gasteiger partial charge in [-0.2, -0.15) is 5.48 Å². The zero-order chi connectivity index (χ0) is 69.7. The van der Waals surface area contributed by atoms with Gasteiger partial charge in [-0.15, -0.1) is 0 Å². The van der Waals surface area contributed by atoms with E-state index in [2.05, 4.69) is 36.2 Å². The summed E-state index contributed by atoms with van der Waals surface area (Å²) in [6, 6.07) is -0.749. The maximum Gasteiger partial charge on any atom is 0.431 e. The number of hydrogen-bond donors (Lipinski definition) is 3. The molecule has 0 radical (unpaired) electrons. The van der Waals surface area contributed by atoms with Gasteiger partial charge in [0.2, 0.25) is 11.8 Å². The van der Waals surface area contributed by atoms with Gasteiger partial charge in [0.1, 0.15) is 18.8 Å². The number of ether oxygens (including phenoxy) is 22. The Morgan fingerprint density at radius 3 is 0.948 bits per heavy atom. The second kappa shape index (κ2) is 76.4. The van der Waals surface area contributed by atoms with Crippen LogP contribution in [-0.2, 0) is 123 Å². The molecule has 0 spiro atoms. The molecule has 36 heteroatoms. The quantitative estimate of drug-likeness (QED) is 0.0259. The Morgan fingerprint density at radius 2 is 0.635 bits per heavy atom. The Bertz CT molecular complexity index is 1830. The fraction of sp³-hybridized carbons (Fsp3) is 0.933. The molecule has 36 nitrogen and oxygen atoms in total. The number of carbonyl (C=O) groups is 4. The smallest absolute Gasteiger partial charge is 0.431 e. The average Bonchev–Trinajstić information content (AvgIpc) is 2.36. The van der Waals surface area contributed by atoms with E-state index < -0.39 is 23.6 Å². The fourth-order valence-electron chi connectivity index (χ4n) is 7.02. The van der Waals surface area contributed by atoms with Crippen LogP contribution in [0, 0.1) is 0 Å². The summed E-state index contributed by atoms with van der Waals surface area (Å²) in [5.41, 5.74) is 18.1. The predicted molar refractivity (Wildman–Crippen MR) is 344 cm³/mol. The molecule has 0 saturated heterocycles. The minimum atomic E-state index is -0.749. The van der Waals surface area contributed by atoms with E-state index in [1.165, 1.54) is 0 Å². The molecule has 0 rings (SSSR count). The van der Waals surface area contributed by atoms with Crippen molar-refractivity contribution >= 4 is 23.7 Å². The molecule has 3 amide bonds. The maximum absolute atomic E-state index is 13.4. The summed E-state index contributed by atoms with van der Waals surface area (Å²) >= 11 is 0. The standard InChI is InChI=1S/C60H115N9O27/c1-60(2,3)96-59(73)67-95-52-51-92-46-45-89-40-39-86-38-37-85-36-35-84-34-33-83-32-31-82-30-29-81-28-27-80-24-21-77-18-15-74-12-6-8-56(70)55(66-58(72)54-94-50-48-91-44-42-88-26-23-79-20-17-76-14-11-65-69-62)7-4-5-9-63-57(71)53-93-49-47-90-43-41-87-25-22-78-19-16-75-13-10-64-68-61/h55H,4-54H2,1-3H3,(H,63,71)(H,66,72)(H,67,73)/t55-/m0/s1. The Hall–Kier alpha value is -4.38. The molecule has 0 heterocycles. The van der Waals surface area contributed by atoms with Gasteiger partial charge in [-0.25, -0.2) is 4.79 Å². The van der Waals surface area contributed by atoms with Gasteiger partial charge in [0.25, 0.3) is 0 Å². The number of hydrogen-bond acceptors (Lipinski definition) is 29. The molecule has 0 aliphatic heterocycles. The van der Waals surface area contributed by atoms with Crippen molar-refractivity contribution in [1.29, 1.82) is 0 Å². The van der Waals surface area contributed by atoms with E-state index in [-0.39, 0.29) is 70.8 Å². The van der Waals surface area contributed by atoms with E-state index in [1.54, 1.807) is 20.8 Å². The average molecular weight is 1390 g/mol. The molecule has 0 fully saturated rings. The number of carbonyl (C=O) groups excluding carboxylic acids is 4. The van der Waals surface area contributed by atoms with E-state index in [1.807, 2.05) is 0 Å². The van der Waals surface area contributed by atoms with Gasteiger partial charge >= 0.3 is 6.09 Å². The lowest BCUT2D eigenvalue weighted by Crippen LogP contribution is -2.42. The third-order valence-corrected chi connectivity index (χ3v) is 11.5. The largest absolute Gasteiger partial charge is 0.442 e. The van der Waals surface area contributed by atoms with Gasteiger partial charge in [0, 0.05) is 42.5 Å². The van der Waals surface area contributed by atoms with Crippen LogP contribution < -0.4 is 16.1 Å².